The van der Waals surface area contributed by atoms with Crippen molar-refractivity contribution in [1.82, 2.24) is 4.31 Å². The minimum atomic E-state index is -3.84. The van der Waals surface area contributed by atoms with E-state index in [1.165, 1.54) is 28.6 Å². The average molecular weight is 408 g/mol. The number of hydrogen-bond acceptors (Lipinski definition) is 6. The molecule has 0 aromatic heterocycles. The second-order valence-electron chi connectivity index (χ2n) is 5.81. The predicted molar refractivity (Wildman–Crippen MR) is 105 cm³/mol. The Morgan fingerprint density at radius 2 is 1.86 bits per heavy atom. The monoisotopic (exact) mass is 408 g/mol. The molecule has 0 saturated carbocycles. The van der Waals surface area contributed by atoms with Crippen molar-refractivity contribution in [1.29, 1.82) is 0 Å². The molecule has 0 aliphatic carbocycles. The van der Waals surface area contributed by atoms with Gasteiger partial charge in [-0.25, -0.2) is 12.8 Å². The zero-order valence-electron chi connectivity index (χ0n) is 15.7. The molecule has 8 nitrogen and oxygen atoms in total. The molecule has 2 aromatic carbocycles. The number of rotatable bonds is 8. The van der Waals surface area contributed by atoms with E-state index in [0.717, 1.165) is 6.07 Å². The van der Waals surface area contributed by atoms with Gasteiger partial charge in [-0.3, -0.25) is 15.5 Å². The first-order valence-electron chi connectivity index (χ1n) is 8.56. The highest BCUT2D eigenvalue weighted by Crippen LogP contribution is 2.29. The fourth-order valence-corrected chi connectivity index (χ4v) is 4.07. The molecule has 0 aliphatic rings. The van der Waals surface area contributed by atoms with Gasteiger partial charge in [0.15, 0.2) is 0 Å². The van der Waals surface area contributed by atoms with Crippen LogP contribution in [0.15, 0.2) is 52.5 Å². The Bertz CT molecular complexity index is 1000. The van der Waals surface area contributed by atoms with Gasteiger partial charge in [0.2, 0.25) is 10.0 Å². The number of anilines is 1. The SMILES string of the molecule is CCN(CC)S(=O)(=O)c1ccc(N/N=C(/C)c2ccccc2F)c([N+](=O)[O-])c1. The Morgan fingerprint density at radius 1 is 1.21 bits per heavy atom. The first kappa shape index (κ1) is 21.5. The molecule has 0 amide bonds. The summed E-state index contributed by atoms with van der Waals surface area (Å²) >= 11 is 0. The average Bonchev–Trinajstić information content (AvgIpc) is 2.67. The van der Waals surface area contributed by atoms with Crippen LogP contribution in [-0.4, -0.2) is 36.4 Å². The molecule has 0 spiro atoms. The van der Waals surface area contributed by atoms with E-state index < -0.39 is 26.5 Å². The minimum Gasteiger partial charge on any atom is -0.271 e. The van der Waals surface area contributed by atoms with E-state index in [9.17, 15) is 22.9 Å². The summed E-state index contributed by atoms with van der Waals surface area (Å²) in [5.74, 6) is -0.472. The highest BCUT2D eigenvalue weighted by Gasteiger charge is 2.25. The molecule has 2 rings (SSSR count). The van der Waals surface area contributed by atoms with Crippen molar-refractivity contribution in [2.45, 2.75) is 25.7 Å². The third-order valence-corrected chi connectivity index (χ3v) is 6.16. The fourth-order valence-electron chi connectivity index (χ4n) is 2.59. The van der Waals surface area contributed by atoms with Gasteiger partial charge in [-0.2, -0.15) is 9.41 Å². The van der Waals surface area contributed by atoms with Crippen LogP contribution < -0.4 is 5.43 Å². The van der Waals surface area contributed by atoms with Crippen molar-refractivity contribution in [2.24, 2.45) is 5.10 Å². The maximum atomic E-state index is 13.8. The molecule has 0 fully saturated rings. The smallest absolute Gasteiger partial charge is 0.271 e. The van der Waals surface area contributed by atoms with Crippen molar-refractivity contribution in [3.8, 4) is 0 Å². The second-order valence-corrected chi connectivity index (χ2v) is 7.75. The van der Waals surface area contributed by atoms with Crippen LogP contribution in [0, 0.1) is 15.9 Å². The second kappa shape index (κ2) is 8.89. The van der Waals surface area contributed by atoms with Gasteiger partial charge in [0.05, 0.1) is 15.5 Å². The van der Waals surface area contributed by atoms with E-state index in [0.29, 0.717) is 0 Å². The van der Waals surface area contributed by atoms with Crippen LogP contribution in [0.1, 0.15) is 26.3 Å². The summed E-state index contributed by atoms with van der Waals surface area (Å²) in [6.45, 7) is 5.42. The number of hydrazone groups is 1. The number of benzene rings is 2. The predicted octanol–water partition coefficient (Wildman–Crippen LogP) is 3.60. The highest BCUT2D eigenvalue weighted by molar-refractivity contribution is 7.89. The van der Waals surface area contributed by atoms with Gasteiger partial charge in [0.25, 0.3) is 5.69 Å². The van der Waals surface area contributed by atoms with E-state index in [2.05, 4.69) is 10.5 Å². The van der Waals surface area contributed by atoms with Crippen LogP contribution in [0.25, 0.3) is 0 Å². The largest absolute Gasteiger partial charge is 0.295 e. The molecule has 150 valence electrons. The Kier molecular flexibility index (Phi) is 6.81. The summed E-state index contributed by atoms with van der Waals surface area (Å²) < 4.78 is 40.2. The lowest BCUT2D eigenvalue weighted by atomic mass is 10.1. The van der Waals surface area contributed by atoms with E-state index in [1.807, 2.05) is 0 Å². The van der Waals surface area contributed by atoms with Gasteiger partial charge in [-0.05, 0) is 25.1 Å². The van der Waals surface area contributed by atoms with E-state index >= 15 is 0 Å². The van der Waals surface area contributed by atoms with Crippen LogP contribution in [0.3, 0.4) is 0 Å². The van der Waals surface area contributed by atoms with Crippen LogP contribution in [0.2, 0.25) is 0 Å². The quantitative estimate of drug-likeness (QED) is 0.408. The Labute approximate surface area is 162 Å². The highest BCUT2D eigenvalue weighted by atomic mass is 32.2. The molecule has 28 heavy (non-hydrogen) atoms. The van der Waals surface area contributed by atoms with Crippen molar-refractivity contribution in [2.75, 3.05) is 18.5 Å². The fraction of sp³-hybridized carbons (Fsp3) is 0.278. The Morgan fingerprint density at radius 3 is 2.43 bits per heavy atom. The zero-order valence-corrected chi connectivity index (χ0v) is 16.5. The number of nitrogens with zero attached hydrogens (tertiary/aromatic N) is 3. The summed E-state index contributed by atoms with van der Waals surface area (Å²) in [5.41, 5.74) is 2.61. The molecule has 2 aromatic rings. The van der Waals surface area contributed by atoms with Crippen LogP contribution >= 0.6 is 0 Å². The molecular formula is C18H21FN4O4S. The standard InChI is InChI=1S/C18H21FN4O4S/c1-4-22(5-2)28(26,27)14-10-11-17(18(12-14)23(24)25)21-20-13(3)15-8-6-7-9-16(15)19/h6-12,21H,4-5H2,1-3H3/b20-13-. The summed E-state index contributed by atoms with van der Waals surface area (Å²) in [4.78, 5) is 10.6. The van der Waals surface area contributed by atoms with Gasteiger partial charge in [-0.15, -0.1) is 0 Å². The van der Waals surface area contributed by atoms with E-state index in [-0.39, 0.29) is 34.9 Å². The lowest BCUT2D eigenvalue weighted by molar-refractivity contribution is -0.384. The Balaban J connectivity index is 2.40. The lowest BCUT2D eigenvalue weighted by Gasteiger charge is -2.18. The summed E-state index contributed by atoms with van der Waals surface area (Å²) in [6, 6.07) is 9.54. The molecule has 0 atom stereocenters. The van der Waals surface area contributed by atoms with Crippen LogP contribution in [0.5, 0.6) is 0 Å². The van der Waals surface area contributed by atoms with Gasteiger partial charge < -0.3 is 0 Å². The summed E-state index contributed by atoms with van der Waals surface area (Å²) in [6.07, 6.45) is 0. The van der Waals surface area contributed by atoms with Gasteiger partial charge >= 0.3 is 0 Å². The van der Waals surface area contributed by atoms with Crippen molar-refractivity contribution in [3.05, 3.63) is 64.0 Å². The molecule has 1 N–H and O–H groups in total. The lowest BCUT2D eigenvalue weighted by Crippen LogP contribution is -2.30. The third-order valence-electron chi connectivity index (χ3n) is 4.12. The Hall–Kier alpha value is -2.85. The van der Waals surface area contributed by atoms with Crippen molar-refractivity contribution in [3.63, 3.8) is 0 Å². The molecule has 0 unspecified atom stereocenters. The molecule has 10 heteroatoms. The van der Waals surface area contributed by atoms with Gasteiger partial charge in [0.1, 0.15) is 11.5 Å². The van der Waals surface area contributed by atoms with Crippen molar-refractivity contribution >= 4 is 27.1 Å². The number of nitrogens with one attached hydrogen (secondary N) is 1. The maximum Gasteiger partial charge on any atom is 0.295 e. The molecule has 0 heterocycles. The zero-order chi connectivity index (χ0) is 20.9. The van der Waals surface area contributed by atoms with E-state index in [1.54, 1.807) is 32.9 Å². The van der Waals surface area contributed by atoms with Crippen LogP contribution in [0.4, 0.5) is 15.8 Å². The first-order chi connectivity index (χ1) is 13.2. The minimum absolute atomic E-state index is 0.000753. The van der Waals surface area contributed by atoms with Crippen LogP contribution in [-0.2, 0) is 10.0 Å². The number of sulfonamides is 1. The van der Waals surface area contributed by atoms with E-state index in [4.69, 9.17) is 0 Å². The van der Waals surface area contributed by atoms with Crippen molar-refractivity contribution < 1.29 is 17.7 Å². The number of halogens is 1. The molecule has 0 saturated heterocycles. The molecule has 0 bridgehead atoms. The van der Waals surface area contributed by atoms with Gasteiger partial charge in [0, 0.05) is 24.7 Å². The third kappa shape index (κ3) is 4.52. The molecule has 0 aliphatic heterocycles. The normalized spacial score (nSPS) is 12.2. The maximum absolute atomic E-state index is 13.8. The number of hydrogen-bond donors (Lipinski definition) is 1. The topological polar surface area (TPSA) is 105 Å². The van der Waals surface area contributed by atoms with Gasteiger partial charge in [-0.1, -0.05) is 32.0 Å². The molecule has 0 radical (unpaired) electrons. The number of nitro benzene ring substituents is 1. The number of nitro groups is 1. The first-order valence-corrected chi connectivity index (χ1v) is 10.00. The molecular weight excluding hydrogens is 387 g/mol. The summed E-state index contributed by atoms with van der Waals surface area (Å²) in [7, 11) is -3.84. The summed E-state index contributed by atoms with van der Waals surface area (Å²) in [5, 5.41) is 15.4.